The first-order chi connectivity index (χ1) is 10.6. The van der Waals surface area contributed by atoms with Gasteiger partial charge in [0.2, 0.25) is 0 Å². The Morgan fingerprint density at radius 2 is 1.82 bits per heavy atom. The molecule has 0 aromatic carbocycles. The number of nitriles is 3. The van der Waals surface area contributed by atoms with Crippen molar-refractivity contribution < 1.29 is 9.53 Å². The minimum atomic E-state index is -0.973. The molecule has 1 rings (SSSR count). The molecule has 22 heavy (non-hydrogen) atoms. The average Bonchev–Trinajstić information content (AvgIpc) is 2.79. The lowest BCUT2D eigenvalue weighted by Crippen LogP contribution is -2.18. The summed E-state index contributed by atoms with van der Waals surface area (Å²) in [5.74, 6) is -1.56. The highest BCUT2D eigenvalue weighted by Gasteiger charge is 2.29. The van der Waals surface area contributed by atoms with Gasteiger partial charge in [0.25, 0.3) is 0 Å². The second-order valence-electron chi connectivity index (χ2n) is 4.78. The van der Waals surface area contributed by atoms with Gasteiger partial charge in [-0.1, -0.05) is 6.42 Å². The Labute approximate surface area is 134 Å². The van der Waals surface area contributed by atoms with Crippen LogP contribution in [0.4, 0.5) is 0 Å². The molecule has 1 atom stereocenters. The van der Waals surface area contributed by atoms with Crippen molar-refractivity contribution in [2.75, 3.05) is 13.4 Å². The van der Waals surface area contributed by atoms with Gasteiger partial charge in [0.15, 0.2) is 5.92 Å². The number of ether oxygens (including phenoxy) is 1. The molecule has 0 aromatic rings. The molecule has 0 saturated heterocycles. The van der Waals surface area contributed by atoms with Crippen molar-refractivity contribution in [2.24, 2.45) is 5.92 Å². The van der Waals surface area contributed by atoms with Gasteiger partial charge in [-0.2, -0.15) is 15.8 Å². The molecule has 1 aliphatic rings. The molecule has 1 aliphatic carbocycles. The second-order valence-corrected chi connectivity index (χ2v) is 5.60. The van der Waals surface area contributed by atoms with Gasteiger partial charge in [-0.15, -0.1) is 11.8 Å². The molecule has 0 N–H and O–H groups in total. The van der Waals surface area contributed by atoms with Crippen LogP contribution >= 0.6 is 11.8 Å². The molecule has 0 amide bonds. The smallest absolute Gasteiger partial charge is 0.327 e. The second kappa shape index (κ2) is 8.93. The highest BCUT2D eigenvalue weighted by atomic mass is 32.2. The third-order valence-electron chi connectivity index (χ3n) is 3.60. The fourth-order valence-electron chi connectivity index (χ4n) is 2.58. The van der Waals surface area contributed by atoms with E-state index < -0.39 is 11.9 Å². The molecular formula is C16H17N3O2S. The molecule has 0 heterocycles. The van der Waals surface area contributed by atoms with E-state index in [4.69, 9.17) is 15.3 Å². The number of methoxy groups -OCH3 is 1. The monoisotopic (exact) mass is 315 g/mol. The van der Waals surface area contributed by atoms with E-state index in [0.717, 1.165) is 24.8 Å². The number of carbonyl (C=O) groups excluding carboxylic acids is 1. The summed E-state index contributed by atoms with van der Waals surface area (Å²) in [5.41, 5.74) is 1.52. The Balaban J connectivity index is 3.54. The summed E-state index contributed by atoms with van der Waals surface area (Å²) in [6.07, 6.45) is 5.84. The van der Waals surface area contributed by atoms with Crippen LogP contribution in [-0.4, -0.2) is 19.3 Å². The molecule has 6 heteroatoms. The topological polar surface area (TPSA) is 97.7 Å². The first kappa shape index (κ1) is 17.8. The van der Waals surface area contributed by atoms with Crippen LogP contribution in [0.25, 0.3) is 0 Å². The van der Waals surface area contributed by atoms with Crippen LogP contribution in [0.5, 0.6) is 0 Å². The third-order valence-corrected chi connectivity index (χ3v) is 4.46. The van der Waals surface area contributed by atoms with E-state index in [1.165, 1.54) is 18.9 Å². The highest BCUT2D eigenvalue weighted by Crippen LogP contribution is 2.38. The quantitative estimate of drug-likeness (QED) is 0.583. The van der Waals surface area contributed by atoms with Gasteiger partial charge < -0.3 is 4.74 Å². The van der Waals surface area contributed by atoms with Crippen molar-refractivity contribution in [3.8, 4) is 18.2 Å². The van der Waals surface area contributed by atoms with E-state index in [-0.39, 0.29) is 5.57 Å². The van der Waals surface area contributed by atoms with Crippen LogP contribution in [0.1, 0.15) is 32.1 Å². The zero-order valence-corrected chi connectivity index (χ0v) is 13.5. The van der Waals surface area contributed by atoms with Crippen molar-refractivity contribution >= 4 is 17.7 Å². The van der Waals surface area contributed by atoms with Crippen LogP contribution in [0.15, 0.2) is 21.6 Å². The van der Waals surface area contributed by atoms with Crippen molar-refractivity contribution in [3.05, 3.63) is 21.6 Å². The maximum Gasteiger partial charge on any atom is 0.327 e. The van der Waals surface area contributed by atoms with Gasteiger partial charge >= 0.3 is 5.97 Å². The van der Waals surface area contributed by atoms with E-state index in [0.29, 0.717) is 23.3 Å². The summed E-state index contributed by atoms with van der Waals surface area (Å²) in [4.78, 5) is 12.5. The molecule has 5 nitrogen and oxygen atoms in total. The Kier molecular flexibility index (Phi) is 7.23. The maximum atomic E-state index is 11.9. The van der Waals surface area contributed by atoms with Crippen LogP contribution in [0.2, 0.25) is 0 Å². The Morgan fingerprint density at radius 3 is 2.32 bits per heavy atom. The summed E-state index contributed by atoms with van der Waals surface area (Å²) in [6, 6.07) is 5.82. The number of nitrogens with zero attached hydrogens (tertiary/aromatic N) is 3. The van der Waals surface area contributed by atoms with Gasteiger partial charge in [-0.05, 0) is 43.1 Å². The average molecular weight is 315 g/mol. The first-order valence-corrected chi connectivity index (χ1v) is 8.15. The van der Waals surface area contributed by atoms with E-state index in [1.54, 1.807) is 6.26 Å². The van der Waals surface area contributed by atoms with E-state index in [1.807, 2.05) is 18.2 Å². The summed E-state index contributed by atoms with van der Waals surface area (Å²) >= 11 is 1.31. The molecule has 0 aliphatic heterocycles. The molecule has 0 saturated carbocycles. The summed E-state index contributed by atoms with van der Waals surface area (Å²) in [5, 5.41) is 27.6. The largest absolute Gasteiger partial charge is 0.468 e. The molecule has 0 bridgehead atoms. The van der Waals surface area contributed by atoms with Gasteiger partial charge in [-0.3, -0.25) is 4.79 Å². The van der Waals surface area contributed by atoms with Crippen LogP contribution < -0.4 is 0 Å². The number of thioether (sulfide) groups is 1. The number of rotatable bonds is 4. The number of carbonyl (C=O) groups is 1. The number of allylic oxidation sites excluding steroid dienone is 2. The minimum absolute atomic E-state index is 0.0310. The highest BCUT2D eigenvalue weighted by molar-refractivity contribution is 8.02. The summed E-state index contributed by atoms with van der Waals surface area (Å²) in [6.45, 7) is 0. The Morgan fingerprint density at radius 1 is 1.18 bits per heavy atom. The fourth-order valence-corrected chi connectivity index (χ4v) is 3.35. The van der Waals surface area contributed by atoms with Crippen molar-refractivity contribution in [1.82, 2.24) is 0 Å². The standard InChI is InChI=1S/C16H17N3O2S/c1-21-16(20)14(10-19)12-6-4-3-5-7-13(12)15(22-2)11(8-17)9-18/h14H,3-7H2,1-2H3/t14-/m0/s1. The first-order valence-electron chi connectivity index (χ1n) is 6.92. The Bertz CT molecular complexity index is 613. The normalized spacial score (nSPS) is 15.6. The van der Waals surface area contributed by atoms with Crippen LogP contribution in [-0.2, 0) is 9.53 Å². The van der Waals surface area contributed by atoms with Gasteiger partial charge in [0.05, 0.1) is 13.2 Å². The summed E-state index contributed by atoms with van der Waals surface area (Å²) < 4.78 is 4.72. The lowest BCUT2D eigenvalue weighted by molar-refractivity contribution is -0.142. The van der Waals surface area contributed by atoms with Crippen LogP contribution in [0, 0.1) is 39.9 Å². The number of hydrogen-bond acceptors (Lipinski definition) is 6. The fraction of sp³-hybridized carbons (Fsp3) is 0.500. The third kappa shape index (κ3) is 3.91. The SMILES string of the molecule is COC(=O)[C@@H](C#N)C1=C(C(SC)=C(C#N)C#N)CCCCC1. The molecule has 0 fully saturated rings. The maximum absolute atomic E-state index is 11.9. The summed E-state index contributed by atoms with van der Waals surface area (Å²) in [7, 11) is 1.25. The van der Waals surface area contributed by atoms with Crippen molar-refractivity contribution in [2.45, 2.75) is 32.1 Å². The number of esters is 1. The molecular weight excluding hydrogens is 298 g/mol. The van der Waals surface area contributed by atoms with Gasteiger partial charge in [0.1, 0.15) is 17.7 Å². The predicted octanol–water partition coefficient (Wildman–Crippen LogP) is 3.22. The lowest BCUT2D eigenvalue weighted by Gasteiger charge is -2.17. The van der Waals surface area contributed by atoms with Crippen LogP contribution in [0.3, 0.4) is 0 Å². The Hall–Kier alpha value is -2.23. The molecule has 0 unspecified atom stereocenters. The minimum Gasteiger partial charge on any atom is -0.468 e. The molecule has 0 spiro atoms. The zero-order chi connectivity index (χ0) is 16.5. The van der Waals surface area contributed by atoms with Gasteiger partial charge in [-0.25, -0.2) is 0 Å². The molecule has 114 valence electrons. The van der Waals surface area contributed by atoms with Crippen molar-refractivity contribution in [3.63, 3.8) is 0 Å². The lowest BCUT2D eigenvalue weighted by atomic mass is 9.90. The number of hydrogen-bond donors (Lipinski definition) is 0. The molecule has 0 aromatic heterocycles. The van der Waals surface area contributed by atoms with Crippen molar-refractivity contribution in [1.29, 1.82) is 15.8 Å². The van der Waals surface area contributed by atoms with Gasteiger partial charge in [0, 0.05) is 4.91 Å². The van der Waals surface area contributed by atoms with E-state index >= 15 is 0 Å². The predicted molar refractivity (Wildman–Crippen MR) is 83.0 cm³/mol. The zero-order valence-electron chi connectivity index (χ0n) is 12.7. The van der Waals surface area contributed by atoms with E-state index in [2.05, 4.69) is 0 Å². The van der Waals surface area contributed by atoms with E-state index in [9.17, 15) is 10.1 Å². The molecule has 0 radical (unpaired) electrons.